The van der Waals surface area contributed by atoms with Crippen molar-refractivity contribution >= 4 is 17.4 Å². The first kappa shape index (κ1) is 19.1. The second kappa shape index (κ2) is 7.51. The maximum absolute atomic E-state index is 14.2. The van der Waals surface area contributed by atoms with Gasteiger partial charge in [0, 0.05) is 17.7 Å². The average molecular weight is 384 g/mol. The van der Waals surface area contributed by atoms with Crippen LogP contribution in [0.2, 0.25) is 0 Å². The van der Waals surface area contributed by atoms with Crippen LogP contribution in [0.25, 0.3) is 11.5 Å². The van der Waals surface area contributed by atoms with E-state index < -0.39 is 22.2 Å². The summed E-state index contributed by atoms with van der Waals surface area (Å²) in [5, 5.41) is 21.4. The molecule has 0 spiro atoms. The molecule has 10 heteroatoms. The first-order valence-corrected chi connectivity index (χ1v) is 8.40. The lowest BCUT2D eigenvalue weighted by Crippen LogP contribution is -2.15. The number of aryl methyl sites for hydroxylation is 1. The maximum atomic E-state index is 14.2. The van der Waals surface area contributed by atoms with E-state index in [1.165, 1.54) is 13.0 Å². The summed E-state index contributed by atoms with van der Waals surface area (Å²) < 4.78 is 16.0. The van der Waals surface area contributed by atoms with Crippen molar-refractivity contribution in [2.75, 3.05) is 5.32 Å². The fraction of sp³-hybridized carbons (Fsp3) is 0.222. The van der Waals surface area contributed by atoms with E-state index in [2.05, 4.69) is 20.5 Å². The summed E-state index contributed by atoms with van der Waals surface area (Å²) in [5.41, 5.74) is -0.167. The topological polar surface area (TPSA) is 116 Å². The number of nitrogens with zero attached hydrogens (tertiary/aromatic N) is 5. The van der Waals surface area contributed by atoms with Crippen molar-refractivity contribution in [3.8, 4) is 11.5 Å². The van der Waals surface area contributed by atoms with Crippen LogP contribution in [0.3, 0.4) is 0 Å². The van der Waals surface area contributed by atoms with Crippen LogP contribution in [0, 0.1) is 22.9 Å². The van der Waals surface area contributed by atoms with Crippen LogP contribution < -0.4 is 5.32 Å². The van der Waals surface area contributed by atoms with E-state index in [-0.39, 0.29) is 23.1 Å². The second-order valence-electron chi connectivity index (χ2n) is 6.39. The summed E-state index contributed by atoms with van der Waals surface area (Å²) in [6, 6.07) is 6.87. The number of nitrogens with one attached hydrogen (secondary N) is 1. The van der Waals surface area contributed by atoms with Gasteiger partial charge in [0.25, 0.3) is 11.6 Å². The van der Waals surface area contributed by atoms with Crippen LogP contribution in [0.5, 0.6) is 0 Å². The molecule has 2 aromatic heterocycles. The molecule has 0 fully saturated rings. The highest BCUT2D eigenvalue weighted by Crippen LogP contribution is 2.24. The third-order valence-corrected chi connectivity index (χ3v) is 4.08. The van der Waals surface area contributed by atoms with Gasteiger partial charge < -0.3 is 9.88 Å². The van der Waals surface area contributed by atoms with E-state index in [4.69, 9.17) is 0 Å². The number of carbonyl (C=O) groups excluding carboxylic acids is 1. The first-order chi connectivity index (χ1) is 13.3. The van der Waals surface area contributed by atoms with E-state index in [9.17, 15) is 19.3 Å². The second-order valence-corrected chi connectivity index (χ2v) is 6.39. The number of nitro groups is 1. The summed E-state index contributed by atoms with van der Waals surface area (Å²) in [6.07, 6.45) is 1.58. The Bertz CT molecular complexity index is 1060. The van der Waals surface area contributed by atoms with Gasteiger partial charge in [0.05, 0.1) is 10.5 Å². The minimum Gasteiger partial charge on any atom is -0.310 e. The van der Waals surface area contributed by atoms with Gasteiger partial charge in [-0.15, -0.1) is 10.2 Å². The van der Waals surface area contributed by atoms with Crippen molar-refractivity contribution in [3.05, 3.63) is 63.7 Å². The number of amides is 1. The summed E-state index contributed by atoms with van der Waals surface area (Å²) in [6.45, 7) is 5.33. The predicted molar refractivity (Wildman–Crippen MR) is 99.4 cm³/mol. The molecule has 28 heavy (non-hydrogen) atoms. The highest BCUT2D eigenvalue weighted by atomic mass is 19.1. The molecule has 2 heterocycles. The number of pyridine rings is 1. The highest BCUT2D eigenvalue weighted by molar-refractivity contribution is 6.04. The van der Waals surface area contributed by atoms with E-state index in [0.717, 1.165) is 12.1 Å². The number of aromatic nitrogens is 4. The van der Waals surface area contributed by atoms with Crippen LogP contribution >= 0.6 is 0 Å². The SMILES string of the molecule is Cc1cc(F)c(C(=O)Nc2cccc(-c3nncn3C(C)C)n2)cc1[N+](=O)[O-]. The van der Waals surface area contributed by atoms with Crippen LogP contribution in [-0.2, 0) is 0 Å². The van der Waals surface area contributed by atoms with Gasteiger partial charge in [-0.3, -0.25) is 14.9 Å². The largest absolute Gasteiger partial charge is 0.310 e. The molecular formula is C18H17FN6O3. The quantitative estimate of drug-likeness (QED) is 0.531. The summed E-state index contributed by atoms with van der Waals surface area (Å²) in [4.78, 5) is 27.2. The zero-order valence-corrected chi connectivity index (χ0v) is 15.4. The Morgan fingerprint density at radius 3 is 2.75 bits per heavy atom. The fourth-order valence-corrected chi connectivity index (χ4v) is 2.65. The Morgan fingerprint density at radius 2 is 2.07 bits per heavy atom. The predicted octanol–water partition coefficient (Wildman–Crippen LogP) is 3.53. The molecule has 3 aromatic rings. The Morgan fingerprint density at radius 1 is 1.32 bits per heavy atom. The number of halogens is 1. The van der Waals surface area contributed by atoms with E-state index in [0.29, 0.717) is 11.5 Å². The molecule has 1 N–H and O–H groups in total. The van der Waals surface area contributed by atoms with Crippen molar-refractivity contribution < 1.29 is 14.1 Å². The molecule has 1 aromatic carbocycles. The van der Waals surface area contributed by atoms with Crippen molar-refractivity contribution in [2.24, 2.45) is 0 Å². The molecule has 0 saturated heterocycles. The standard InChI is InChI=1S/C18H17FN6O3/c1-10(2)24-9-20-23-17(24)14-5-4-6-16(21-14)22-18(26)12-8-15(25(27)28)11(3)7-13(12)19/h4-10H,1-3H3,(H,21,22,26). The molecule has 0 aliphatic heterocycles. The lowest BCUT2D eigenvalue weighted by atomic mass is 10.1. The maximum Gasteiger partial charge on any atom is 0.273 e. The molecule has 3 rings (SSSR count). The van der Waals surface area contributed by atoms with Gasteiger partial charge in [-0.2, -0.15) is 0 Å². The third kappa shape index (κ3) is 3.70. The highest BCUT2D eigenvalue weighted by Gasteiger charge is 2.21. The Balaban J connectivity index is 1.91. The normalized spacial score (nSPS) is 10.9. The number of carbonyl (C=O) groups is 1. The van der Waals surface area contributed by atoms with Gasteiger partial charge in [0.1, 0.15) is 23.7 Å². The number of benzene rings is 1. The zero-order valence-electron chi connectivity index (χ0n) is 15.4. The Kier molecular flexibility index (Phi) is 5.12. The van der Waals surface area contributed by atoms with E-state index in [1.807, 2.05) is 18.4 Å². The van der Waals surface area contributed by atoms with Crippen LogP contribution in [0.4, 0.5) is 15.9 Å². The number of rotatable bonds is 5. The molecule has 0 aliphatic carbocycles. The molecule has 0 aliphatic rings. The minimum absolute atomic E-state index is 0.104. The fourth-order valence-electron chi connectivity index (χ4n) is 2.65. The molecule has 0 saturated carbocycles. The molecule has 1 amide bonds. The van der Waals surface area contributed by atoms with Crippen molar-refractivity contribution in [1.29, 1.82) is 0 Å². The first-order valence-electron chi connectivity index (χ1n) is 8.40. The van der Waals surface area contributed by atoms with Gasteiger partial charge in [-0.25, -0.2) is 9.37 Å². The minimum atomic E-state index is -0.851. The third-order valence-electron chi connectivity index (χ3n) is 4.08. The monoisotopic (exact) mass is 384 g/mol. The van der Waals surface area contributed by atoms with Crippen LogP contribution in [0.15, 0.2) is 36.7 Å². The van der Waals surface area contributed by atoms with Crippen LogP contribution in [0.1, 0.15) is 35.8 Å². The summed E-state index contributed by atoms with van der Waals surface area (Å²) in [7, 11) is 0. The smallest absolute Gasteiger partial charge is 0.273 e. The molecule has 144 valence electrons. The molecule has 0 radical (unpaired) electrons. The lowest BCUT2D eigenvalue weighted by molar-refractivity contribution is -0.385. The van der Waals surface area contributed by atoms with Crippen LogP contribution in [-0.4, -0.2) is 30.6 Å². The van der Waals surface area contributed by atoms with Crippen molar-refractivity contribution in [1.82, 2.24) is 19.7 Å². The molecule has 9 nitrogen and oxygen atoms in total. The lowest BCUT2D eigenvalue weighted by Gasteiger charge is -2.11. The summed E-state index contributed by atoms with van der Waals surface area (Å²) in [5.74, 6) is -1.02. The average Bonchev–Trinajstić information content (AvgIpc) is 3.11. The Labute approximate surface area is 159 Å². The zero-order chi connectivity index (χ0) is 20.4. The number of nitro benzene ring substituents is 1. The van der Waals surface area contributed by atoms with Crippen molar-refractivity contribution in [3.63, 3.8) is 0 Å². The van der Waals surface area contributed by atoms with Gasteiger partial charge in [-0.1, -0.05) is 6.07 Å². The van der Waals surface area contributed by atoms with Gasteiger partial charge in [0.2, 0.25) is 0 Å². The van der Waals surface area contributed by atoms with E-state index in [1.54, 1.807) is 18.5 Å². The van der Waals surface area contributed by atoms with Gasteiger partial charge in [-0.05, 0) is 39.0 Å². The molecule has 0 atom stereocenters. The van der Waals surface area contributed by atoms with Gasteiger partial charge in [0.15, 0.2) is 5.82 Å². The number of hydrogen-bond acceptors (Lipinski definition) is 6. The molecule has 0 unspecified atom stereocenters. The van der Waals surface area contributed by atoms with E-state index >= 15 is 0 Å². The van der Waals surface area contributed by atoms with Crippen molar-refractivity contribution in [2.45, 2.75) is 26.8 Å². The Hall–Kier alpha value is -3.69. The number of hydrogen-bond donors (Lipinski definition) is 1. The molecule has 0 bridgehead atoms. The summed E-state index contributed by atoms with van der Waals surface area (Å²) >= 11 is 0. The molecular weight excluding hydrogens is 367 g/mol. The number of anilines is 1. The van der Waals surface area contributed by atoms with Gasteiger partial charge >= 0.3 is 0 Å².